The smallest absolute Gasteiger partial charge is 0.417 e. The molecular weight excluding hydrogens is 507 g/mol. The molecule has 13 heteroatoms. The second-order valence-corrected chi connectivity index (χ2v) is 9.25. The molecule has 0 spiro atoms. The lowest BCUT2D eigenvalue weighted by Gasteiger charge is -2.34. The second kappa shape index (κ2) is 9.01. The molecule has 168 valence electrons. The Hall–Kier alpha value is -2.38. The van der Waals surface area contributed by atoms with Crippen molar-refractivity contribution in [1.29, 1.82) is 0 Å². The van der Waals surface area contributed by atoms with Gasteiger partial charge in [0.25, 0.3) is 5.91 Å². The van der Waals surface area contributed by atoms with Crippen LogP contribution in [-0.4, -0.2) is 62.2 Å². The van der Waals surface area contributed by atoms with Crippen LogP contribution in [0.1, 0.15) is 16.1 Å². The molecule has 1 saturated heterocycles. The number of furan rings is 1. The normalized spacial score (nSPS) is 15.7. The van der Waals surface area contributed by atoms with Crippen LogP contribution in [0, 0.1) is 0 Å². The van der Waals surface area contributed by atoms with Gasteiger partial charge in [0.05, 0.1) is 17.0 Å². The SMILES string of the molecule is O=C(NCC(=O)N1CCN(S(=O)(=O)c2ccccc2C(F)(F)F)CC1)c1ccc(Br)o1. The Bertz CT molecular complexity index is 1080. The van der Waals surface area contributed by atoms with Gasteiger partial charge in [0.15, 0.2) is 10.4 Å². The van der Waals surface area contributed by atoms with Crippen molar-refractivity contribution in [3.05, 3.63) is 52.4 Å². The quantitative estimate of drug-likeness (QED) is 0.648. The zero-order chi connectivity index (χ0) is 22.8. The van der Waals surface area contributed by atoms with Crippen LogP contribution < -0.4 is 5.32 Å². The van der Waals surface area contributed by atoms with E-state index in [0.29, 0.717) is 10.7 Å². The zero-order valence-corrected chi connectivity index (χ0v) is 18.3. The Morgan fingerprint density at radius 1 is 1.06 bits per heavy atom. The number of carbonyl (C=O) groups is 2. The van der Waals surface area contributed by atoms with E-state index >= 15 is 0 Å². The van der Waals surface area contributed by atoms with E-state index in [1.165, 1.54) is 23.1 Å². The van der Waals surface area contributed by atoms with Gasteiger partial charge in [0.1, 0.15) is 0 Å². The van der Waals surface area contributed by atoms with E-state index in [-0.39, 0.29) is 38.5 Å². The number of nitrogens with one attached hydrogen (secondary N) is 1. The Morgan fingerprint density at radius 3 is 2.29 bits per heavy atom. The number of sulfonamides is 1. The molecule has 1 aliphatic rings. The number of hydrogen-bond acceptors (Lipinski definition) is 5. The molecule has 0 aliphatic carbocycles. The van der Waals surface area contributed by atoms with Gasteiger partial charge in [-0.25, -0.2) is 8.42 Å². The van der Waals surface area contributed by atoms with Gasteiger partial charge in [-0.15, -0.1) is 0 Å². The lowest BCUT2D eigenvalue weighted by atomic mass is 10.2. The van der Waals surface area contributed by atoms with Gasteiger partial charge in [-0.2, -0.15) is 17.5 Å². The number of nitrogens with zero attached hydrogens (tertiary/aromatic N) is 2. The maximum Gasteiger partial charge on any atom is 0.417 e. The van der Waals surface area contributed by atoms with E-state index in [0.717, 1.165) is 16.4 Å². The minimum atomic E-state index is -4.82. The average Bonchev–Trinajstić information content (AvgIpc) is 3.17. The van der Waals surface area contributed by atoms with Crippen molar-refractivity contribution in [1.82, 2.24) is 14.5 Å². The molecular formula is C18H17BrF3N3O5S. The van der Waals surface area contributed by atoms with Crippen molar-refractivity contribution in [3.63, 3.8) is 0 Å². The minimum Gasteiger partial charge on any atom is -0.444 e. The molecule has 3 rings (SSSR count). The topological polar surface area (TPSA) is 99.9 Å². The minimum absolute atomic E-state index is 0.0129. The number of carbonyl (C=O) groups excluding carboxylic acids is 2. The molecule has 1 aliphatic heterocycles. The van der Waals surface area contributed by atoms with E-state index in [2.05, 4.69) is 21.2 Å². The number of benzene rings is 1. The summed E-state index contributed by atoms with van der Waals surface area (Å²) in [7, 11) is -4.40. The fraction of sp³-hybridized carbons (Fsp3) is 0.333. The predicted octanol–water partition coefficient (Wildman–Crippen LogP) is 2.32. The highest BCUT2D eigenvalue weighted by molar-refractivity contribution is 9.10. The van der Waals surface area contributed by atoms with Gasteiger partial charge in [0, 0.05) is 26.2 Å². The third-order valence-corrected chi connectivity index (χ3v) is 6.98. The number of hydrogen-bond donors (Lipinski definition) is 1. The third-order valence-electron chi connectivity index (χ3n) is 4.60. The van der Waals surface area contributed by atoms with Gasteiger partial charge in [-0.3, -0.25) is 9.59 Å². The molecule has 0 unspecified atom stereocenters. The summed E-state index contributed by atoms with van der Waals surface area (Å²) in [6, 6.07) is 6.92. The van der Waals surface area contributed by atoms with Crippen LogP contribution in [0.5, 0.6) is 0 Å². The highest BCUT2D eigenvalue weighted by Gasteiger charge is 2.39. The zero-order valence-electron chi connectivity index (χ0n) is 15.9. The summed E-state index contributed by atoms with van der Waals surface area (Å²) in [5.74, 6) is -1.03. The van der Waals surface area contributed by atoms with Crippen molar-refractivity contribution >= 4 is 37.8 Å². The standard InChI is InChI=1S/C18H17BrF3N3O5S/c19-15-6-5-13(30-15)17(27)23-11-16(26)24-7-9-25(10-8-24)31(28,29)14-4-2-1-3-12(14)18(20,21)22/h1-6H,7-11H2,(H,23,27). The first-order chi connectivity index (χ1) is 14.5. The Balaban J connectivity index is 1.60. The van der Waals surface area contributed by atoms with Gasteiger partial charge in [0.2, 0.25) is 15.9 Å². The molecule has 0 atom stereocenters. The largest absolute Gasteiger partial charge is 0.444 e. The first kappa shape index (κ1) is 23.3. The maximum atomic E-state index is 13.2. The van der Waals surface area contributed by atoms with Crippen LogP contribution in [0.3, 0.4) is 0 Å². The Kier molecular flexibility index (Phi) is 6.76. The van der Waals surface area contributed by atoms with Crippen LogP contribution in [0.4, 0.5) is 13.2 Å². The van der Waals surface area contributed by atoms with E-state index < -0.39 is 38.5 Å². The summed E-state index contributed by atoms with van der Waals surface area (Å²) in [5, 5.41) is 2.40. The average molecular weight is 524 g/mol. The van der Waals surface area contributed by atoms with Crippen LogP contribution in [-0.2, 0) is 21.0 Å². The molecule has 1 aromatic heterocycles. The summed E-state index contributed by atoms with van der Waals surface area (Å²) < 4.78 is 71.5. The fourth-order valence-corrected chi connectivity index (χ4v) is 4.97. The molecule has 2 aromatic rings. The van der Waals surface area contributed by atoms with E-state index in [9.17, 15) is 31.2 Å². The highest BCUT2D eigenvalue weighted by atomic mass is 79.9. The molecule has 0 saturated carbocycles. The third kappa shape index (κ3) is 5.28. The molecule has 31 heavy (non-hydrogen) atoms. The maximum absolute atomic E-state index is 13.2. The first-order valence-electron chi connectivity index (χ1n) is 8.98. The lowest BCUT2D eigenvalue weighted by Crippen LogP contribution is -2.52. The molecule has 1 fully saturated rings. The summed E-state index contributed by atoms with van der Waals surface area (Å²) >= 11 is 3.06. The molecule has 8 nitrogen and oxygen atoms in total. The van der Waals surface area contributed by atoms with E-state index in [1.54, 1.807) is 0 Å². The number of rotatable bonds is 5. The van der Waals surface area contributed by atoms with Crippen LogP contribution in [0.25, 0.3) is 0 Å². The lowest BCUT2D eigenvalue weighted by molar-refractivity contribution is -0.139. The van der Waals surface area contributed by atoms with E-state index in [4.69, 9.17) is 4.42 Å². The number of alkyl halides is 3. The molecule has 0 bridgehead atoms. The van der Waals surface area contributed by atoms with Crippen LogP contribution in [0.2, 0.25) is 0 Å². The summed E-state index contributed by atoms with van der Waals surface area (Å²) in [5.41, 5.74) is -1.24. The van der Waals surface area contributed by atoms with Crippen LogP contribution >= 0.6 is 15.9 Å². The van der Waals surface area contributed by atoms with Gasteiger partial charge in [-0.1, -0.05) is 12.1 Å². The number of piperazine rings is 1. The monoisotopic (exact) mass is 523 g/mol. The van der Waals surface area contributed by atoms with Gasteiger partial charge >= 0.3 is 6.18 Å². The number of halogens is 4. The molecule has 0 radical (unpaired) electrons. The van der Waals surface area contributed by atoms with Crippen molar-refractivity contribution < 1.29 is 35.6 Å². The van der Waals surface area contributed by atoms with Crippen molar-refractivity contribution in [2.24, 2.45) is 0 Å². The van der Waals surface area contributed by atoms with Crippen molar-refractivity contribution in [2.45, 2.75) is 11.1 Å². The Morgan fingerprint density at radius 2 is 1.71 bits per heavy atom. The number of amides is 2. The predicted molar refractivity (Wildman–Crippen MR) is 106 cm³/mol. The van der Waals surface area contributed by atoms with Crippen LogP contribution in [0.15, 0.2) is 50.4 Å². The summed E-state index contributed by atoms with van der Waals surface area (Å²) in [6.45, 7) is -0.706. The van der Waals surface area contributed by atoms with E-state index in [1.807, 2.05) is 0 Å². The van der Waals surface area contributed by atoms with Gasteiger partial charge < -0.3 is 14.6 Å². The Labute approximate surface area is 184 Å². The summed E-state index contributed by atoms with van der Waals surface area (Å²) in [6.07, 6.45) is -4.82. The van der Waals surface area contributed by atoms with Crippen molar-refractivity contribution in [3.8, 4) is 0 Å². The van der Waals surface area contributed by atoms with Crippen molar-refractivity contribution in [2.75, 3.05) is 32.7 Å². The second-order valence-electron chi connectivity index (χ2n) is 6.57. The summed E-state index contributed by atoms with van der Waals surface area (Å²) in [4.78, 5) is 24.7. The fourth-order valence-electron chi connectivity index (χ4n) is 3.03. The highest BCUT2D eigenvalue weighted by Crippen LogP contribution is 2.35. The van der Waals surface area contributed by atoms with Gasteiger partial charge in [-0.05, 0) is 40.2 Å². The molecule has 1 N–H and O–H groups in total. The first-order valence-corrected chi connectivity index (χ1v) is 11.2. The molecule has 2 heterocycles. The molecule has 1 aromatic carbocycles. The molecule has 2 amide bonds.